The number of benzene rings is 1. The van der Waals surface area contributed by atoms with Crippen LogP contribution in [-0.2, 0) is 9.68 Å². The first-order valence-corrected chi connectivity index (χ1v) is 8.08. The van der Waals surface area contributed by atoms with Gasteiger partial charge in [0.05, 0.1) is 39.3 Å². The van der Waals surface area contributed by atoms with E-state index in [0.29, 0.717) is 36.0 Å². The van der Waals surface area contributed by atoms with Crippen LogP contribution in [0.2, 0.25) is 5.02 Å². The molecule has 140 valence electrons. The topological polar surface area (TPSA) is 103 Å². The highest BCUT2D eigenvalue weighted by Gasteiger charge is 2.21. The van der Waals surface area contributed by atoms with E-state index >= 15 is 0 Å². The number of aromatic nitrogens is 2. The van der Waals surface area contributed by atoms with Gasteiger partial charge in [-0.3, -0.25) is 14.7 Å². The highest BCUT2D eigenvalue weighted by Crippen LogP contribution is 2.35. The Bertz CT molecular complexity index is 715. The van der Waals surface area contributed by atoms with E-state index in [4.69, 9.17) is 31.7 Å². The van der Waals surface area contributed by atoms with E-state index in [-0.39, 0.29) is 5.82 Å². The average molecular weight is 382 g/mol. The Morgan fingerprint density at radius 1 is 1.27 bits per heavy atom. The van der Waals surface area contributed by atoms with Crippen LogP contribution in [0.25, 0.3) is 0 Å². The van der Waals surface area contributed by atoms with E-state index in [1.807, 2.05) is 0 Å². The van der Waals surface area contributed by atoms with Gasteiger partial charge in [0.2, 0.25) is 0 Å². The van der Waals surface area contributed by atoms with Crippen molar-refractivity contribution in [3.63, 3.8) is 0 Å². The number of amides is 2. The van der Waals surface area contributed by atoms with Crippen molar-refractivity contribution in [2.75, 3.05) is 32.3 Å². The van der Waals surface area contributed by atoms with Crippen LogP contribution in [0.5, 0.6) is 5.75 Å². The van der Waals surface area contributed by atoms with Crippen molar-refractivity contribution in [2.24, 2.45) is 5.73 Å². The van der Waals surface area contributed by atoms with Crippen molar-refractivity contribution in [2.45, 2.75) is 6.42 Å². The van der Waals surface area contributed by atoms with Gasteiger partial charge >= 0.3 is 6.03 Å². The summed E-state index contributed by atoms with van der Waals surface area (Å²) in [5.74, 6) is 0.692. The van der Waals surface area contributed by atoms with Gasteiger partial charge in [-0.15, -0.1) is 0 Å². The molecule has 0 atom stereocenters. The molecule has 0 fully saturated rings. The van der Waals surface area contributed by atoms with Gasteiger partial charge < -0.3 is 10.5 Å². The van der Waals surface area contributed by atoms with E-state index in [0.717, 1.165) is 0 Å². The minimum atomic E-state index is -0.734. The minimum absolute atomic E-state index is 0.261. The zero-order chi connectivity index (χ0) is 18.9. The monoisotopic (exact) mass is 381 g/mol. The summed E-state index contributed by atoms with van der Waals surface area (Å²) in [6.45, 7) is 0.852. The zero-order valence-electron chi connectivity index (χ0n) is 14.5. The van der Waals surface area contributed by atoms with Crippen LogP contribution < -0.4 is 15.4 Å². The zero-order valence-corrected chi connectivity index (χ0v) is 15.2. The smallest absolute Gasteiger partial charge is 0.325 e. The van der Waals surface area contributed by atoms with Crippen molar-refractivity contribution >= 4 is 29.1 Å². The lowest BCUT2D eigenvalue weighted by Crippen LogP contribution is -2.32. The molecule has 0 aliphatic carbocycles. The number of carbonyl (C=O) groups is 1. The lowest BCUT2D eigenvalue weighted by atomic mass is 10.2. The van der Waals surface area contributed by atoms with Crippen LogP contribution in [0.3, 0.4) is 0 Å². The quantitative estimate of drug-likeness (QED) is 0.525. The molecule has 0 bridgehead atoms. The van der Waals surface area contributed by atoms with E-state index in [2.05, 4.69) is 9.97 Å². The molecule has 2 amide bonds. The normalized spacial score (nSPS) is 10.8. The summed E-state index contributed by atoms with van der Waals surface area (Å²) in [4.78, 5) is 31.2. The second-order valence-electron chi connectivity index (χ2n) is 4.97. The fourth-order valence-corrected chi connectivity index (χ4v) is 2.35. The van der Waals surface area contributed by atoms with E-state index < -0.39 is 6.03 Å². The summed E-state index contributed by atoms with van der Waals surface area (Å²) in [5, 5.41) is 1.74. The van der Waals surface area contributed by atoms with E-state index in [9.17, 15) is 4.79 Å². The number of carbonyl (C=O) groups excluding carboxylic acids is 1. The van der Waals surface area contributed by atoms with Crippen molar-refractivity contribution < 1.29 is 19.2 Å². The first kappa shape index (κ1) is 19.9. The molecule has 0 saturated heterocycles. The molecule has 0 unspecified atom stereocenters. The van der Waals surface area contributed by atoms with Crippen LogP contribution in [0.4, 0.5) is 16.3 Å². The number of nitrogens with two attached hydrogens (primary N) is 1. The molecule has 1 heterocycles. The largest absolute Gasteiger partial charge is 0.491 e. The van der Waals surface area contributed by atoms with Crippen LogP contribution in [0.15, 0.2) is 36.8 Å². The SMILES string of the molecule is CON(CCCOc1ccc(Cl)cc1N(C(N)=O)c1cnccn1)OC. The standard InChI is InChI=1S/C16H20ClN5O4/c1-24-21(25-2)8-3-9-26-14-5-4-12(17)10-13(14)22(16(18)23)15-11-19-6-7-20-15/h4-7,10-11H,3,8-9H2,1-2H3,(H2,18,23). The molecule has 1 aromatic heterocycles. The van der Waals surface area contributed by atoms with Crippen LogP contribution >= 0.6 is 11.6 Å². The van der Waals surface area contributed by atoms with Gasteiger partial charge in [0.15, 0.2) is 5.82 Å². The maximum Gasteiger partial charge on any atom is 0.325 e. The summed E-state index contributed by atoms with van der Waals surface area (Å²) in [6.07, 6.45) is 4.99. The summed E-state index contributed by atoms with van der Waals surface area (Å²) >= 11 is 6.08. The fourth-order valence-electron chi connectivity index (χ4n) is 2.18. The number of halogens is 1. The predicted molar refractivity (Wildman–Crippen MR) is 96.0 cm³/mol. The second kappa shape index (κ2) is 9.88. The third-order valence-electron chi connectivity index (χ3n) is 3.31. The number of hydroxylamine groups is 2. The Kier molecular flexibility index (Phi) is 7.54. The molecule has 1 aromatic carbocycles. The molecule has 10 heteroatoms. The summed E-state index contributed by atoms with van der Waals surface area (Å²) < 4.78 is 5.79. The van der Waals surface area contributed by atoms with Gasteiger partial charge in [-0.05, 0) is 24.6 Å². The molecule has 2 aromatic rings. The van der Waals surface area contributed by atoms with Crippen LogP contribution in [0.1, 0.15) is 6.42 Å². The van der Waals surface area contributed by atoms with E-state index in [1.165, 1.54) is 42.9 Å². The van der Waals surface area contributed by atoms with Gasteiger partial charge in [0.1, 0.15) is 5.75 Å². The molecule has 0 aliphatic heterocycles. The number of urea groups is 1. The van der Waals surface area contributed by atoms with Gasteiger partial charge in [-0.1, -0.05) is 16.8 Å². The number of hydrogen-bond acceptors (Lipinski definition) is 7. The predicted octanol–water partition coefficient (Wildman–Crippen LogP) is 2.54. The lowest BCUT2D eigenvalue weighted by Gasteiger charge is -2.22. The molecule has 26 heavy (non-hydrogen) atoms. The molecule has 0 radical (unpaired) electrons. The van der Waals surface area contributed by atoms with Gasteiger partial charge in [0.25, 0.3) is 0 Å². The molecular formula is C16H20ClN5O4. The molecule has 0 aliphatic rings. The Balaban J connectivity index is 2.19. The Morgan fingerprint density at radius 3 is 2.65 bits per heavy atom. The average Bonchev–Trinajstić information content (AvgIpc) is 2.64. The first-order chi connectivity index (χ1) is 12.6. The number of hydrogen-bond donors (Lipinski definition) is 1. The summed E-state index contributed by atoms with van der Waals surface area (Å²) in [7, 11) is 3.01. The van der Waals surface area contributed by atoms with Crippen LogP contribution in [0, 0.1) is 0 Å². The van der Waals surface area contributed by atoms with Gasteiger partial charge in [-0.25, -0.2) is 14.7 Å². The highest BCUT2D eigenvalue weighted by atomic mass is 35.5. The third-order valence-corrected chi connectivity index (χ3v) is 3.55. The number of primary amides is 1. The van der Waals surface area contributed by atoms with Crippen molar-refractivity contribution in [3.05, 3.63) is 41.8 Å². The van der Waals surface area contributed by atoms with Gasteiger partial charge in [0, 0.05) is 17.4 Å². The number of ether oxygens (including phenoxy) is 1. The molecule has 9 nitrogen and oxygen atoms in total. The number of nitrogens with zero attached hydrogens (tertiary/aromatic N) is 4. The maximum absolute atomic E-state index is 12.0. The Labute approximate surface area is 156 Å². The first-order valence-electron chi connectivity index (χ1n) is 7.70. The number of rotatable bonds is 9. The van der Waals surface area contributed by atoms with Crippen molar-refractivity contribution in [1.82, 2.24) is 15.2 Å². The molecule has 2 N–H and O–H groups in total. The summed E-state index contributed by atoms with van der Waals surface area (Å²) in [5.41, 5.74) is 5.91. The summed E-state index contributed by atoms with van der Waals surface area (Å²) in [6, 6.07) is 4.16. The molecule has 0 spiro atoms. The van der Waals surface area contributed by atoms with Crippen molar-refractivity contribution in [1.29, 1.82) is 0 Å². The minimum Gasteiger partial charge on any atom is -0.491 e. The highest BCUT2D eigenvalue weighted by molar-refractivity contribution is 6.31. The van der Waals surface area contributed by atoms with Crippen molar-refractivity contribution in [3.8, 4) is 5.75 Å². The fraction of sp³-hybridized carbons (Fsp3) is 0.312. The Hall–Kier alpha value is -2.46. The second-order valence-corrected chi connectivity index (χ2v) is 5.41. The molecule has 0 saturated carbocycles. The molecular weight excluding hydrogens is 362 g/mol. The number of anilines is 2. The van der Waals surface area contributed by atoms with E-state index in [1.54, 1.807) is 18.2 Å². The third kappa shape index (κ3) is 5.27. The maximum atomic E-state index is 12.0. The molecule has 2 rings (SSSR count). The Morgan fingerprint density at radius 2 is 2.04 bits per heavy atom. The van der Waals surface area contributed by atoms with Gasteiger partial charge in [-0.2, -0.15) is 0 Å². The van der Waals surface area contributed by atoms with Crippen LogP contribution in [-0.4, -0.2) is 48.6 Å². The lowest BCUT2D eigenvalue weighted by molar-refractivity contribution is -0.342.